The van der Waals surface area contributed by atoms with Crippen LogP contribution in [-0.4, -0.2) is 43.4 Å². The lowest BCUT2D eigenvalue weighted by Crippen LogP contribution is -2.45. The van der Waals surface area contributed by atoms with E-state index >= 15 is 0 Å². The number of morpholine rings is 1. The fourth-order valence-electron chi connectivity index (χ4n) is 2.10. The summed E-state index contributed by atoms with van der Waals surface area (Å²) in [6, 6.07) is 3.50. The number of sulfonamides is 1. The monoisotopic (exact) mass is 334 g/mol. The van der Waals surface area contributed by atoms with Gasteiger partial charge in [-0.15, -0.1) is 0 Å². The van der Waals surface area contributed by atoms with E-state index in [1.165, 1.54) is 16.4 Å². The molecule has 0 amide bonds. The molecule has 1 heterocycles. The standard InChI is InChI=1S/C12H15ClN2O5S/c1-2-9-8-14(5-6-20-9)21(18,19)10-3-4-11(13)12(7-10)15(16)17/h3-4,7,9H,2,5-6,8H2,1H3. The van der Waals surface area contributed by atoms with Crippen LogP contribution >= 0.6 is 11.6 Å². The van der Waals surface area contributed by atoms with Gasteiger partial charge in [-0.05, 0) is 18.6 Å². The van der Waals surface area contributed by atoms with Crippen LogP contribution in [0.4, 0.5) is 5.69 Å². The van der Waals surface area contributed by atoms with Crippen molar-refractivity contribution in [1.29, 1.82) is 0 Å². The topological polar surface area (TPSA) is 89.8 Å². The molecule has 21 heavy (non-hydrogen) atoms. The molecule has 9 heteroatoms. The predicted molar refractivity (Wildman–Crippen MR) is 76.9 cm³/mol. The number of nitrogens with zero attached hydrogens (tertiary/aromatic N) is 2. The number of rotatable bonds is 4. The van der Waals surface area contributed by atoms with Crippen molar-refractivity contribution in [2.75, 3.05) is 19.7 Å². The van der Waals surface area contributed by atoms with Gasteiger partial charge in [-0.2, -0.15) is 4.31 Å². The van der Waals surface area contributed by atoms with Crippen molar-refractivity contribution in [1.82, 2.24) is 4.31 Å². The molecule has 116 valence electrons. The van der Waals surface area contributed by atoms with Crippen LogP contribution in [0.15, 0.2) is 23.1 Å². The number of hydrogen-bond acceptors (Lipinski definition) is 5. The van der Waals surface area contributed by atoms with Gasteiger partial charge < -0.3 is 4.74 Å². The van der Waals surface area contributed by atoms with Gasteiger partial charge in [-0.1, -0.05) is 18.5 Å². The van der Waals surface area contributed by atoms with E-state index in [9.17, 15) is 18.5 Å². The third-order valence-electron chi connectivity index (χ3n) is 3.31. The fraction of sp³-hybridized carbons (Fsp3) is 0.500. The smallest absolute Gasteiger partial charge is 0.289 e. The first kappa shape index (κ1) is 16.2. The maximum absolute atomic E-state index is 12.5. The first-order chi connectivity index (χ1) is 9.86. The number of nitro groups is 1. The maximum Gasteiger partial charge on any atom is 0.289 e. The van der Waals surface area contributed by atoms with Crippen molar-refractivity contribution in [3.63, 3.8) is 0 Å². The molecule has 1 fully saturated rings. The van der Waals surface area contributed by atoms with Gasteiger partial charge in [-0.3, -0.25) is 10.1 Å². The predicted octanol–water partition coefficient (Wildman–Crippen LogP) is 2.05. The highest BCUT2D eigenvalue weighted by Crippen LogP contribution is 2.29. The van der Waals surface area contributed by atoms with Crippen molar-refractivity contribution in [3.8, 4) is 0 Å². The molecule has 0 aliphatic carbocycles. The van der Waals surface area contributed by atoms with E-state index in [2.05, 4.69) is 0 Å². The molecule has 0 aromatic heterocycles. The molecule has 1 saturated heterocycles. The van der Waals surface area contributed by atoms with Gasteiger partial charge in [0.05, 0.1) is 22.5 Å². The molecule has 2 rings (SSSR count). The van der Waals surface area contributed by atoms with Crippen LogP contribution in [0.1, 0.15) is 13.3 Å². The Hall–Kier alpha value is -1.22. The second kappa shape index (κ2) is 6.27. The van der Waals surface area contributed by atoms with Crippen molar-refractivity contribution >= 4 is 27.3 Å². The zero-order chi connectivity index (χ0) is 15.6. The minimum absolute atomic E-state index is 0.0904. The second-order valence-electron chi connectivity index (χ2n) is 4.63. The summed E-state index contributed by atoms with van der Waals surface area (Å²) in [5.74, 6) is 0. The van der Waals surface area contributed by atoms with Gasteiger partial charge in [0, 0.05) is 19.2 Å². The average Bonchev–Trinajstić information content (AvgIpc) is 2.47. The molecule has 0 saturated carbocycles. The Labute approximate surface area is 127 Å². The Balaban J connectivity index is 2.35. The van der Waals surface area contributed by atoms with Gasteiger partial charge in [0.2, 0.25) is 10.0 Å². The molecular weight excluding hydrogens is 320 g/mol. The van der Waals surface area contributed by atoms with Crippen molar-refractivity contribution < 1.29 is 18.1 Å². The first-order valence-corrected chi connectivity index (χ1v) is 8.23. The number of nitro benzene ring substituents is 1. The Kier molecular flexibility index (Phi) is 4.82. The summed E-state index contributed by atoms with van der Waals surface area (Å²) in [5.41, 5.74) is -0.418. The largest absolute Gasteiger partial charge is 0.375 e. The summed E-state index contributed by atoms with van der Waals surface area (Å²) in [5, 5.41) is 10.8. The van der Waals surface area contributed by atoms with Crippen molar-refractivity contribution in [3.05, 3.63) is 33.3 Å². The molecule has 0 spiro atoms. The van der Waals surface area contributed by atoms with Crippen LogP contribution in [0.25, 0.3) is 0 Å². The van der Waals surface area contributed by atoms with Crippen molar-refractivity contribution in [2.45, 2.75) is 24.3 Å². The molecule has 0 radical (unpaired) electrons. The lowest BCUT2D eigenvalue weighted by molar-refractivity contribution is -0.384. The fourth-order valence-corrected chi connectivity index (χ4v) is 3.76. The van der Waals surface area contributed by atoms with Gasteiger partial charge in [0.15, 0.2) is 0 Å². The molecule has 7 nitrogen and oxygen atoms in total. The number of benzene rings is 1. The Morgan fingerprint density at radius 1 is 1.52 bits per heavy atom. The summed E-state index contributed by atoms with van der Waals surface area (Å²) in [4.78, 5) is 10.0. The lowest BCUT2D eigenvalue weighted by Gasteiger charge is -2.31. The Morgan fingerprint density at radius 3 is 2.86 bits per heavy atom. The zero-order valence-corrected chi connectivity index (χ0v) is 12.9. The van der Waals surface area contributed by atoms with Crippen LogP contribution < -0.4 is 0 Å². The van der Waals surface area contributed by atoms with Crippen LogP contribution in [-0.2, 0) is 14.8 Å². The number of ether oxygens (including phenoxy) is 1. The minimum Gasteiger partial charge on any atom is -0.375 e. The highest BCUT2D eigenvalue weighted by Gasteiger charge is 2.31. The van der Waals surface area contributed by atoms with E-state index in [1.807, 2.05) is 6.92 Å². The van der Waals surface area contributed by atoms with E-state index in [0.717, 1.165) is 6.07 Å². The molecule has 0 bridgehead atoms. The molecule has 1 aromatic rings. The summed E-state index contributed by atoms with van der Waals surface area (Å²) in [6.45, 7) is 2.70. The average molecular weight is 335 g/mol. The quantitative estimate of drug-likeness (QED) is 0.621. The number of halogens is 1. The van der Waals surface area contributed by atoms with Crippen molar-refractivity contribution in [2.24, 2.45) is 0 Å². The highest BCUT2D eigenvalue weighted by molar-refractivity contribution is 7.89. The Morgan fingerprint density at radius 2 is 2.24 bits per heavy atom. The second-order valence-corrected chi connectivity index (χ2v) is 6.98. The normalized spacial score (nSPS) is 20.4. The van der Waals surface area contributed by atoms with Crippen LogP contribution in [0.2, 0.25) is 5.02 Å². The van der Waals surface area contributed by atoms with Gasteiger partial charge in [-0.25, -0.2) is 8.42 Å². The van der Waals surface area contributed by atoms with E-state index in [4.69, 9.17) is 16.3 Å². The molecule has 0 N–H and O–H groups in total. The summed E-state index contributed by atoms with van der Waals surface area (Å²) < 4.78 is 31.8. The van der Waals surface area contributed by atoms with Crippen LogP contribution in [0.3, 0.4) is 0 Å². The van der Waals surface area contributed by atoms with Gasteiger partial charge in [0.25, 0.3) is 5.69 Å². The van der Waals surface area contributed by atoms with Crippen LogP contribution in [0.5, 0.6) is 0 Å². The zero-order valence-electron chi connectivity index (χ0n) is 11.4. The summed E-state index contributed by atoms with van der Waals surface area (Å²) >= 11 is 5.70. The third kappa shape index (κ3) is 3.34. The van der Waals surface area contributed by atoms with E-state index < -0.39 is 20.6 Å². The van der Waals surface area contributed by atoms with E-state index in [1.54, 1.807) is 0 Å². The first-order valence-electron chi connectivity index (χ1n) is 6.42. The maximum atomic E-state index is 12.5. The molecular formula is C12H15ClN2O5S. The lowest BCUT2D eigenvalue weighted by atomic mass is 10.2. The third-order valence-corrected chi connectivity index (χ3v) is 5.49. The molecule has 1 aromatic carbocycles. The molecule has 1 aliphatic heterocycles. The highest BCUT2D eigenvalue weighted by atomic mass is 35.5. The van der Waals surface area contributed by atoms with Crippen LogP contribution in [0, 0.1) is 10.1 Å². The Bertz CT molecular complexity index is 649. The molecule has 1 aliphatic rings. The molecule has 1 atom stereocenters. The SMILES string of the molecule is CCC1CN(S(=O)(=O)c2ccc(Cl)c([N+](=O)[O-])c2)CCO1. The van der Waals surface area contributed by atoms with Gasteiger partial charge >= 0.3 is 0 Å². The van der Waals surface area contributed by atoms with E-state index in [-0.39, 0.29) is 29.1 Å². The number of hydrogen-bond donors (Lipinski definition) is 0. The summed E-state index contributed by atoms with van der Waals surface area (Å²) in [6.07, 6.45) is 0.545. The van der Waals surface area contributed by atoms with Gasteiger partial charge in [0.1, 0.15) is 5.02 Å². The van der Waals surface area contributed by atoms with E-state index in [0.29, 0.717) is 13.0 Å². The summed E-state index contributed by atoms with van der Waals surface area (Å²) in [7, 11) is -3.79. The molecule has 1 unspecified atom stereocenters. The minimum atomic E-state index is -3.79.